The van der Waals surface area contributed by atoms with Crippen molar-refractivity contribution >= 4 is 34.2 Å². The van der Waals surface area contributed by atoms with Crippen LogP contribution in [-0.4, -0.2) is 59.1 Å². The number of halogens is 3. The van der Waals surface area contributed by atoms with E-state index in [2.05, 4.69) is 30.5 Å². The number of amides is 2. The highest BCUT2D eigenvalue weighted by atomic mass is 19.4. The Bertz CT molecular complexity index is 1630. The van der Waals surface area contributed by atoms with Crippen LogP contribution in [0.5, 0.6) is 0 Å². The minimum Gasteiger partial charge on any atom is -0.377 e. The molecule has 12 heteroatoms. The molecular formula is C29H27F3N6O3. The van der Waals surface area contributed by atoms with Gasteiger partial charge >= 0.3 is 6.18 Å². The van der Waals surface area contributed by atoms with Crippen molar-refractivity contribution in [3.8, 4) is 0 Å². The Morgan fingerprint density at radius 1 is 1.10 bits per heavy atom. The summed E-state index contributed by atoms with van der Waals surface area (Å²) < 4.78 is 44.3. The van der Waals surface area contributed by atoms with E-state index in [4.69, 9.17) is 4.74 Å². The van der Waals surface area contributed by atoms with Crippen LogP contribution in [0.15, 0.2) is 55.1 Å². The Labute approximate surface area is 233 Å². The van der Waals surface area contributed by atoms with Gasteiger partial charge in [0.15, 0.2) is 0 Å². The first-order chi connectivity index (χ1) is 19.7. The third-order valence-corrected chi connectivity index (χ3v) is 7.59. The maximum Gasteiger partial charge on any atom is 0.417 e. The van der Waals surface area contributed by atoms with Gasteiger partial charge in [-0.15, -0.1) is 0 Å². The fraction of sp³-hybridized carbons (Fsp3) is 0.310. The molecule has 2 saturated heterocycles. The molecule has 1 unspecified atom stereocenters. The number of nitrogens with one attached hydrogen (secondary N) is 3. The van der Waals surface area contributed by atoms with Gasteiger partial charge in [-0.2, -0.15) is 13.2 Å². The van der Waals surface area contributed by atoms with E-state index >= 15 is 0 Å². The number of aromatic nitrogens is 3. The monoisotopic (exact) mass is 564 g/mol. The summed E-state index contributed by atoms with van der Waals surface area (Å²) in [5, 5.41) is 6.23. The smallest absolute Gasteiger partial charge is 0.377 e. The Balaban J connectivity index is 1.18. The summed E-state index contributed by atoms with van der Waals surface area (Å²) in [4.78, 5) is 39.1. The normalized spacial score (nSPS) is 17.5. The minimum atomic E-state index is -4.56. The Kier molecular flexibility index (Phi) is 6.86. The van der Waals surface area contributed by atoms with Crippen LogP contribution in [0.1, 0.15) is 49.7 Å². The van der Waals surface area contributed by atoms with Crippen LogP contribution in [0.2, 0.25) is 0 Å². The van der Waals surface area contributed by atoms with E-state index in [1.165, 1.54) is 6.20 Å². The standard InChI is InChI=1S/C29H27F3N6O3/c1-16-2-3-17(27(39)36-20-7-19(9-33-10-20)29(30,31)32)6-23(16)18-4-5-38(13-18)22-8-24-25(12-35-26(24)34-11-22)28(40)37-21-14-41-15-21/h2-3,6-12,18,21H,4-5,13-15H2,1H3,(H,34,35)(H,36,39)(H,37,40). The van der Waals surface area contributed by atoms with Crippen LogP contribution in [0.3, 0.4) is 0 Å². The molecule has 0 aliphatic carbocycles. The summed E-state index contributed by atoms with van der Waals surface area (Å²) in [6.07, 6.45) is 1.63. The first-order valence-corrected chi connectivity index (χ1v) is 13.2. The second-order valence-electron chi connectivity index (χ2n) is 10.4. The molecule has 3 N–H and O–H groups in total. The SMILES string of the molecule is Cc1ccc(C(=O)Nc2cncc(C(F)(F)F)c2)cc1C1CCN(c2cnc3[nH]cc(C(=O)NC4COC4)c3c2)C1. The van der Waals surface area contributed by atoms with Gasteiger partial charge in [0.05, 0.1) is 54.2 Å². The Hall–Kier alpha value is -4.45. The second kappa shape index (κ2) is 10.5. The quantitative estimate of drug-likeness (QED) is 0.314. The molecule has 2 fully saturated rings. The van der Waals surface area contributed by atoms with Crippen LogP contribution >= 0.6 is 0 Å². The maximum absolute atomic E-state index is 13.0. The Morgan fingerprint density at radius 2 is 1.93 bits per heavy atom. The number of aromatic amines is 1. The number of alkyl halides is 3. The van der Waals surface area contributed by atoms with Gasteiger partial charge in [-0.3, -0.25) is 14.6 Å². The molecule has 2 amide bonds. The molecule has 4 aromatic rings. The van der Waals surface area contributed by atoms with Crippen molar-refractivity contribution in [1.82, 2.24) is 20.3 Å². The van der Waals surface area contributed by atoms with Crippen molar-refractivity contribution in [1.29, 1.82) is 0 Å². The van der Waals surface area contributed by atoms with E-state index in [0.29, 0.717) is 36.5 Å². The summed E-state index contributed by atoms with van der Waals surface area (Å²) in [5.74, 6) is -0.556. The summed E-state index contributed by atoms with van der Waals surface area (Å²) in [5.41, 5.74) is 3.47. The first-order valence-electron chi connectivity index (χ1n) is 13.2. The van der Waals surface area contributed by atoms with Gasteiger partial charge in [0.2, 0.25) is 0 Å². The molecular weight excluding hydrogens is 537 g/mol. The second-order valence-corrected chi connectivity index (χ2v) is 10.4. The molecule has 0 bridgehead atoms. The van der Waals surface area contributed by atoms with E-state index < -0.39 is 17.6 Å². The van der Waals surface area contributed by atoms with Gasteiger partial charge in [0, 0.05) is 42.4 Å². The van der Waals surface area contributed by atoms with Gasteiger partial charge in [-0.1, -0.05) is 6.07 Å². The summed E-state index contributed by atoms with van der Waals surface area (Å²) >= 11 is 0. The number of aryl methyl sites for hydroxylation is 1. The van der Waals surface area contributed by atoms with Crippen LogP contribution in [0.25, 0.3) is 11.0 Å². The molecule has 5 heterocycles. The highest BCUT2D eigenvalue weighted by Gasteiger charge is 2.31. The van der Waals surface area contributed by atoms with Gasteiger partial charge in [0.25, 0.3) is 11.8 Å². The third kappa shape index (κ3) is 5.47. The number of hydrogen-bond acceptors (Lipinski definition) is 6. The lowest BCUT2D eigenvalue weighted by molar-refractivity contribution is -0.137. The molecule has 0 spiro atoms. The molecule has 1 aromatic carbocycles. The molecule has 212 valence electrons. The van der Waals surface area contributed by atoms with Crippen LogP contribution in [0.4, 0.5) is 24.5 Å². The zero-order valence-corrected chi connectivity index (χ0v) is 22.1. The lowest BCUT2D eigenvalue weighted by atomic mass is 9.92. The van der Waals surface area contributed by atoms with Crippen molar-refractivity contribution in [2.24, 2.45) is 0 Å². The van der Waals surface area contributed by atoms with Gasteiger partial charge in [-0.25, -0.2) is 4.98 Å². The minimum absolute atomic E-state index is 0.0192. The fourth-order valence-corrected chi connectivity index (χ4v) is 5.27. The first kappa shape index (κ1) is 26.8. The average Bonchev–Trinajstić information content (AvgIpc) is 3.58. The number of H-pyrrole nitrogens is 1. The van der Waals surface area contributed by atoms with Crippen molar-refractivity contribution in [2.45, 2.75) is 31.5 Å². The van der Waals surface area contributed by atoms with E-state index in [1.54, 1.807) is 24.5 Å². The summed E-state index contributed by atoms with van der Waals surface area (Å²) in [7, 11) is 0. The van der Waals surface area contributed by atoms with Gasteiger partial charge < -0.3 is 25.3 Å². The zero-order chi connectivity index (χ0) is 28.7. The number of pyridine rings is 2. The number of carbonyl (C=O) groups excluding carboxylic acids is 2. The molecule has 0 saturated carbocycles. The third-order valence-electron chi connectivity index (χ3n) is 7.59. The van der Waals surface area contributed by atoms with Crippen LogP contribution in [0, 0.1) is 6.92 Å². The van der Waals surface area contributed by atoms with Crippen LogP contribution < -0.4 is 15.5 Å². The van der Waals surface area contributed by atoms with Gasteiger partial charge in [0.1, 0.15) is 5.65 Å². The number of ether oxygens (including phenoxy) is 1. The number of fused-ring (bicyclic) bond motifs is 1. The molecule has 2 aliphatic rings. The Morgan fingerprint density at radius 3 is 2.68 bits per heavy atom. The lowest BCUT2D eigenvalue weighted by Gasteiger charge is -2.26. The largest absolute Gasteiger partial charge is 0.417 e. The summed E-state index contributed by atoms with van der Waals surface area (Å²) in [6.45, 7) is 4.44. The van der Waals surface area contributed by atoms with Crippen molar-refractivity contribution < 1.29 is 27.5 Å². The van der Waals surface area contributed by atoms with Crippen molar-refractivity contribution in [2.75, 3.05) is 36.5 Å². The van der Waals surface area contributed by atoms with E-state index in [9.17, 15) is 22.8 Å². The molecule has 1 atom stereocenters. The lowest BCUT2D eigenvalue weighted by Crippen LogP contribution is -2.48. The highest BCUT2D eigenvalue weighted by molar-refractivity contribution is 6.07. The predicted octanol–water partition coefficient (Wildman–Crippen LogP) is 4.66. The predicted molar refractivity (Wildman–Crippen MR) is 146 cm³/mol. The molecule has 2 aliphatic heterocycles. The number of nitrogens with zero attached hydrogens (tertiary/aromatic N) is 3. The molecule has 3 aromatic heterocycles. The molecule has 41 heavy (non-hydrogen) atoms. The number of anilines is 2. The van der Waals surface area contributed by atoms with E-state index in [1.807, 2.05) is 19.1 Å². The zero-order valence-electron chi connectivity index (χ0n) is 22.1. The number of hydrogen-bond donors (Lipinski definition) is 3. The fourth-order valence-electron chi connectivity index (χ4n) is 5.27. The van der Waals surface area contributed by atoms with Crippen LogP contribution in [-0.2, 0) is 10.9 Å². The summed E-state index contributed by atoms with van der Waals surface area (Å²) in [6, 6.07) is 8.16. The number of carbonyl (C=O) groups is 2. The topological polar surface area (TPSA) is 112 Å². The molecule has 6 rings (SSSR count). The average molecular weight is 565 g/mol. The maximum atomic E-state index is 13.0. The highest BCUT2D eigenvalue weighted by Crippen LogP contribution is 2.34. The van der Waals surface area contributed by atoms with E-state index in [-0.39, 0.29) is 23.6 Å². The van der Waals surface area contributed by atoms with Crippen molar-refractivity contribution in [3.05, 3.63) is 82.9 Å². The number of rotatable bonds is 6. The van der Waals surface area contributed by atoms with E-state index in [0.717, 1.165) is 47.4 Å². The number of benzene rings is 1. The molecule has 9 nitrogen and oxygen atoms in total. The molecule has 0 radical (unpaired) electrons. The van der Waals surface area contributed by atoms with Crippen molar-refractivity contribution in [3.63, 3.8) is 0 Å². The van der Waals surface area contributed by atoms with Gasteiger partial charge in [-0.05, 0) is 48.7 Å².